The Hall–Kier alpha value is -2.41. The van der Waals surface area contributed by atoms with Crippen LogP contribution in [0.3, 0.4) is 0 Å². The molecule has 1 atom stereocenters. The standard InChI is InChI=1S/C16H19N3O3S/c1-13(16(20)18-12-14-8-6-7-11-17-14)19(23(2,21)22)15-9-4-3-5-10-15/h3-11,13H,12H2,1-2H3,(H,18,20)/t13-/m1/s1. The summed E-state index contributed by atoms with van der Waals surface area (Å²) in [4.78, 5) is 16.4. The van der Waals surface area contributed by atoms with Gasteiger partial charge in [0.1, 0.15) is 6.04 Å². The van der Waals surface area contributed by atoms with E-state index < -0.39 is 16.1 Å². The third-order valence-corrected chi connectivity index (χ3v) is 4.51. The van der Waals surface area contributed by atoms with E-state index in [-0.39, 0.29) is 12.5 Å². The highest BCUT2D eigenvalue weighted by molar-refractivity contribution is 7.92. The molecule has 0 fully saturated rings. The van der Waals surface area contributed by atoms with Crippen LogP contribution in [-0.2, 0) is 21.4 Å². The van der Waals surface area contributed by atoms with Gasteiger partial charge in [-0.2, -0.15) is 0 Å². The minimum Gasteiger partial charge on any atom is -0.349 e. The molecule has 7 heteroatoms. The topological polar surface area (TPSA) is 79.4 Å². The SMILES string of the molecule is C[C@H](C(=O)NCc1ccccn1)N(c1ccccc1)S(C)(=O)=O. The average molecular weight is 333 g/mol. The van der Waals surface area contributed by atoms with Crippen molar-refractivity contribution in [2.45, 2.75) is 19.5 Å². The number of anilines is 1. The molecule has 0 bridgehead atoms. The molecule has 0 aliphatic heterocycles. The Morgan fingerprint density at radius 1 is 1.17 bits per heavy atom. The first-order valence-electron chi connectivity index (χ1n) is 7.11. The molecule has 1 aromatic heterocycles. The van der Waals surface area contributed by atoms with Crippen LogP contribution in [0.25, 0.3) is 0 Å². The number of hydrogen-bond acceptors (Lipinski definition) is 4. The minimum atomic E-state index is -3.59. The van der Waals surface area contributed by atoms with Crippen molar-refractivity contribution in [1.82, 2.24) is 10.3 Å². The summed E-state index contributed by atoms with van der Waals surface area (Å²) in [6.07, 6.45) is 2.72. The first-order chi connectivity index (χ1) is 10.9. The van der Waals surface area contributed by atoms with Gasteiger partial charge in [-0.25, -0.2) is 8.42 Å². The van der Waals surface area contributed by atoms with Crippen LogP contribution in [-0.4, -0.2) is 31.6 Å². The Balaban J connectivity index is 2.14. The maximum absolute atomic E-state index is 12.3. The van der Waals surface area contributed by atoms with Gasteiger partial charge >= 0.3 is 0 Å². The lowest BCUT2D eigenvalue weighted by Gasteiger charge is -2.28. The summed E-state index contributed by atoms with van der Waals surface area (Å²) < 4.78 is 25.3. The van der Waals surface area contributed by atoms with E-state index in [1.165, 1.54) is 0 Å². The van der Waals surface area contributed by atoms with Gasteiger partial charge in [0, 0.05) is 6.20 Å². The van der Waals surface area contributed by atoms with Crippen LogP contribution < -0.4 is 9.62 Å². The number of nitrogens with zero attached hydrogens (tertiary/aromatic N) is 2. The van der Waals surface area contributed by atoms with Gasteiger partial charge in [0.25, 0.3) is 0 Å². The van der Waals surface area contributed by atoms with E-state index in [2.05, 4.69) is 10.3 Å². The van der Waals surface area contributed by atoms with Gasteiger partial charge in [-0.3, -0.25) is 14.1 Å². The van der Waals surface area contributed by atoms with E-state index in [4.69, 9.17) is 0 Å². The van der Waals surface area contributed by atoms with E-state index in [1.807, 2.05) is 6.07 Å². The number of sulfonamides is 1. The van der Waals surface area contributed by atoms with E-state index in [0.717, 1.165) is 10.6 Å². The van der Waals surface area contributed by atoms with Crippen LogP contribution >= 0.6 is 0 Å². The maximum Gasteiger partial charge on any atom is 0.243 e. The molecule has 0 saturated carbocycles. The minimum absolute atomic E-state index is 0.246. The molecule has 1 aromatic carbocycles. The normalized spacial score (nSPS) is 12.4. The number of para-hydroxylation sites is 1. The van der Waals surface area contributed by atoms with Crippen LogP contribution in [0.5, 0.6) is 0 Å². The molecule has 122 valence electrons. The molecular formula is C16H19N3O3S. The van der Waals surface area contributed by atoms with Gasteiger partial charge in [0.2, 0.25) is 15.9 Å². The summed E-state index contributed by atoms with van der Waals surface area (Å²) in [5.41, 5.74) is 1.16. The number of aromatic nitrogens is 1. The number of carbonyl (C=O) groups is 1. The second kappa shape index (κ2) is 7.23. The van der Waals surface area contributed by atoms with Crippen molar-refractivity contribution < 1.29 is 13.2 Å². The molecule has 0 radical (unpaired) electrons. The molecule has 1 N–H and O–H groups in total. The third kappa shape index (κ3) is 4.53. The van der Waals surface area contributed by atoms with E-state index >= 15 is 0 Å². The van der Waals surface area contributed by atoms with Gasteiger partial charge in [0.05, 0.1) is 24.2 Å². The molecule has 0 unspecified atom stereocenters. The summed E-state index contributed by atoms with van der Waals surface area (Å²) >= 11 is 0. The zero-order chi connectivity index (χ0) is 16.9. The lowest BCUT2D eigenvalue weighted by Crippen LogP contribution is -2.47. The number of rotatable bonds is 6. The largest absolute Gasteiger partial charge is 0.349 e. The first kappa shape index (κ1) is 17.0. The van der Waals surface area contributed by atoms with Gasteiger partial charge in [0.15, 0.2) is 0 Å². The summed E-state index contributed by atoms with van der Waals surface area (Å²) in [6.45, 7) is 1.80. The molecule has 1 heterocycles. The summed E-state index contributed by atoms with van der Waals surface area (Å²) in [5.74, 6) is -0.384. The van der Waals surface area contributed by atoms with Crippen LogP contribution in [0.1, 0.15) is 12.6 Å². The van der Waals surface area contributed by atoms with Gasteiger partial charge in [-0.15, -0.1) is 0 Å². The van der Waals surface area contributed by atoms with Crippen LogP contribution in [0.2, 0.25) is 0 Å². The van der Waals surface area contributed by atoms with E-state index in [9.17, 15) is 13.2 Å². The first-order valence-corrected chi connectivity index (χ1v) is 8.96. The van der Waals surface area contributed by atoms with Crippen molar-refractivity contribution in [2.75, 3.05) is 10.6 Å². The monoisotopic (exact) mass is 333 g/mol. The second-order valence-corrected chi connectivity index (χ2v) is 6.97. The average Bonchev–Trinajstić information content (AvgIpc) is 2.53. The van der Waals surface area contributed by atoms with Crippen molar-refractivity contribution in [3.05, 3.63) is 60.4 Å². The number of carbonyl (C=O) groups excluding carboxylic acids is 1. The molecule has 2 aromatic rings. The molecule has 23 heavy (non-hydrogen) atoms. The van der Waals surface area contributed by atoms with Crippen LogP contribution in [0.4, 0.5) is 5.69 Å². The fourth-order valence-corrected chi connectivity index (χ4v) is 3.39. The summed E-state index contributed by atoms with van der Waals surface area (Å²) in [7, 11) is -3.59. The number of amides is 1. The number of nitrogens with one attached hydrogen (secondary N) is 1. The van der Waals surface area contributed by atoms with Gasteiger partial charge in [-0.1, -0.05) is 24.3 Å². The summed E-state index contributed by atoms with van der Waals surface area (Å²) in [5, 5.41) is 2.71. The molecule has 0 aliphatic rings. The maximum atomic E-state index is 12.3. The Labute approximate surface area is 136 Å². The number of benzene rings is 1. The fraction of sp³-hybridized carbons (Fsp3) is 0.250. The number of pyridine rings is 1. The predicted molar refractivity (Wildman–Crippen MR) is 89.3 cm³/mol. The highest BCUT2D eigenvalue weighted by Crippen LogP contribution is 2.20. The zero-order valence-electron chi connectivity index (χ0n) is 13.0. The Morgan fingerprint density at radius 3 is 2.39 bits per heavy atom. The molecule has 2 rings (SSSR count). The Morgan fingerprint density at radius 2 is 1.83 bits per heavy atom. The molecule has 0 saturated heterocycles. The van der Waals surface area contributed by atoms with Crippen LogP contribution in [0.15, 0.2) is 54.7 Å². The molecule has 1 amide bonds. The molecule has 6 nitrogen and oxygen atoms in total. The Kier molecular flexibility index (Phi) is 5.33. The van der Waals surface area contributed by atoms with Gasteiger partial charge in [-0.05, 0) is 31.2 Å². The van der Waals surface area contributed by atoms with Crippen molar-refractivity contribution in [3.8, 4) is 0 Å². The van der Waals surface area contributed by atoms with Crippen molar-refractivity contribution in [3.63, 3.8) is 0 Å². The lowest BCUT2D eigenvalue weighted by molar-refractivity contribution is -0.122. The number of hydrogen-bond donors (Lipinski definition) is 1. The van der Waals surface area contributed by atoms with Crippen molar-refractivity contribution >= 4 is 21.6 Å². The molecule has 0 spiro atoms. The molecule has 0 aliphatic carbocycles. The predicted octanol–water partition coefficient (Wildman–Crippen LogP) is 1.55. The highest BCUT2D eigenvalue weighted by atomic mass is 32.2. The van der Waals surface area contributed by atoms with Crippen molar-refractivity contribution in [2.24, 2.45) is 0 Å². The quantitative estimate of drug-likeness (QED) is 0.870. The van der Waals surface area contributed by atoms with Crippen molar-refractivity contribution in [1.29, 1.82) is 0 Å². The van der Waals surface area contributed by atoms with E-state index in [0.29, 0.717) is 11.4 Å². The van der Waals surface area contributed by atoms with E-state index in [1.54, 1.807) is 55.6 Å². The third-order valence-electron chi connectivity index (χ3n) is 3.27. The Bertz CT molecular complexity index is 749. The van der Waals surface area contributed by atoms with Gasteiger partial charge < -0.3 is 5.32 Å². The molecular weight excluding hydrogens is 314 g/mol. The smallest absolute Gasteiger partial charge is 0.243 e. The fourth-order valence-electron chi connectivity index (χ4n) is 2.21. The van der Waals surface area contributed by atoms with Crippen LogP contribution in [0, 0.1) is 0 Å². The zero-order valence-corrected chi connectivity index (χ0v) is 13.8. The summed E-state index contributed by atoms with van der Waals surface area (Å²) in [6, 6.07) is 13.1. The lowest BCUT2D eigenvalue weighted by atomic mass is 10.2. The highest BCUT2D eigenvalue weighted by Gasteiger charge is 2.28. The second-order valence-electron chi connectivity index (χ2n) is 5.11.